The third-order valence-electron chi connectivity index (χ3n) is 3.86. The first-order chi connectivity index (χ1) is 10.0. The summed E-state index contributed by atoms with van der Waals surface area (Å²) in [6.45, 7) is 6.54. The van der Waals surface area contributed by atoms with Crippen LogP contribution in [0, 0.1) is 0 Å². The molecular formula is C15H17ClN4O. The molecule has 3 rings (SSSR count). The quantitative estimate of drug-likeness (QED) is 0.644. The van der Waals surface area contributed by atoms with E-state index in [0.29, 0.717) is 17.6 Å². The van der Waals surface area contributed by atoms with Crippen LogP contribution in [0.15, 0.2) is 30.6 Å². The van der Waals surface area contributed by atoms with Crippen LogP contribution in [0.25, 0.3) is 0 Å². The largest absolute Gasteiger partial charge is 0.478 e. The number of allylic oxidation sites excluding steroid dienone is 1. The molecule has 1 aliphatic carbocycles. The molecular weight excluding hydrogens is 288 g/mol. The molecule has 0 N–H and O–H groups in total. The number of rotatable bonds is 4. The van der Waals surface area contributed by atoms with Gasteiger partial charge in [-0.1, -0.05) is 23.8 Å². The van der Waals surface area contributed by atoms with Gasteiger partial charge in [0.25, 0.3) is 0 Å². The zero-order chi connectivity index (χ0) is 15.0. The molecule has 2 aromatic rings. The number of pyridine rings is 1. The summed E-state index contributed by atoms with van der Waals surface area (Å²) < 4.78 is 7.45. The van der Waals surface area contributed by atoms with Gasteiger partial charge in [-0.05, 0) is 31.4 Å². The molecule has 0 bridgehead atoms. The minimum absolute atomic E-state index is 0.235. The second kappa shape index (κ2) is 5.15. The van der Waals surface area contributed by atoms with Crippen molar-refractivity contribution in [2.75, 3.05) is 6.61 Å². The lowest BCUT2D eigenvalue weighted by Gasteiger charge is -2.43. The van der Waals surface area contributed by atoms with Gasteiger partial charge >= 0.3 is 0 Å². The Kier molecular flexibility index (Phi) is 3.45. The fourth-order valence-electron chi connectivity index (χ4n) is 2.98. The highest BCUT2D eigenvalue weighted by molar-refractivity contribution is 6.29. The molecule has 0 amide bonds. The molecule has 5 nitrogen and oxygen atoms in total. The Labute approximate surface area is 128 Å². The Morgan fingerprint density at radius 3 is 2.76 bits per heavy atom. The van der Waals surface area contributed by atoms with E-state index in [1.807, 2.05) is 30.7 Å². The molecule has 2 aromatic heterocycles. The van der Waals surface area contributed by atoms with E-state index in [2.05, 4.69) is 21.8 Å². The van der Waals surface area contributed by atoms with Crippen molar-refractivity contribution in [2.24, 2.45) is 7.05 Å². The fraction of sp³-hybridized carbons (Fsp3) is 0.400. The standard InChI is InChI=1S/C15H17ClN4O/c1-4-21-13-6-11(5-12(16)18-13)15(7-10(2)8-15)14-19-17-9-20(14)3/h5-6,9H,2,4,7-8H2,1,3H3. The van der Waals surface area contributed by atoms with Gasteiger partial charge in [-0.15, -0.1) is 10.2 Å². The van der Waals surface area contributed by atoms with Gasteiger partial charge in [0.2, 0.25) is 5.88 Å². The summed E-state index contributed by atoms with van der Waals surface area (Å²) in [5.74, 6) is 1.46. The molecule has 21 heavy (non-hydrogen) atoms. The maximum absolute atomic E-state index is 6.15. The molecule has 0 saturated heterocycles. The number of ether oxygens (including phenoxy) is 1. The molecule has 6 heteroatoms. The molecule has 0 atom stereocenters. The van der Waals surface area contributed by atoms with Crippen molar-refractivity contribution in [1.82, 2.24) is 19.7 Å². The zero-order valence-corrected chi connectivity index (χ0v) is 12.9. The molecule has 0 spiro atoms. The van der Waals surface area contributed by atoms with Crippen LogP contribution in [0.5, 0.6) is 5.88 Å². The van der Waals surface area contributed by atoms with E-state index in [-0.39, 0.29) is 5.41 Å². The first kappa shape index (κ1) is 14.1. The Morgan fingerprint density at radius 1 is 1.43 bits per heavy atom. The Bertz CT molecular complexity index is 687. The molecule has 0 unspecified atom stereocenters. The average molecular weight is 305 g/mol. The first-order valence-electron chi connectivity index (χ1n) is 6.87. The van der Waals surface area contributed by atoms with Crippen LogP contribution in [0.1, 0.15) is 31.2 Å². The molecule has 0 aliphatic heterocycles. The lowest BCUT2D eigenvalue weighted by Crippen LogP contribution is -2.39. The SMILES string of the molecule is C=C1CC(c2cc(Cl)nc(OCC)c2)(c2nncn2C)C1. The molecule has 1 fully saturated rings. The Morgan fingerprint density at radius 2 is 2.19 bits per heavy atom. The Balaban J connectivity index is 2.11. The van der Waals surface area contributed by atoms with Crippen molar-refractivity contribution in [2.45, 2.75) is 25.2 Å². The van der Waals surface area contributed by atoms with Crippen molar-refractivity contribution in [1.29, 1.82) is 0 Å². The molecule has 110 valence electrons. The summed E-state index contributed by atoms with van der Waals surface area (Å²) in [7, 11) is 1.95. The summed E-state index contributed by atoms with van der Waals surface area (Å²) in [5, 5.41) is 8.72. The number of aryl methyl sites for hydroxylation is 1. The zero-order valence-electron chi connectivity index (χ0n) is 12.1. The van der Waals surface area contributed by atoms with E-state index in [9.17, 15) is 0 Å². The number of hydrogen-bond donors (Lipinski definition) is 0. The molecule has 2 heterocycles. The smallest absolute Gasteiger partial charge is 0.214 e. The second-order valence-electron chi connectivity index (χ2n) is 5.40. The normalized spacial score (nSPS) is 16.6. The Hall–Kier alpha value is -1.88. The predicted molar refractivity (Wildman–Crippen MR) is 80.6 cm³/mol. The fourth-order valence-corrected chi connectivity index (χ4v) is 3.18. The second-order valence-corrected chi connectivity index (χ2v) is 5.79. The van der Waals surface area contributed by atoms with Crippen molar-refractivity contribution in [3.63, 3.8) is 0 Å². The van der Waals surface area contributed by atoms with E-state index in [0.717, 1.165) is 24.2 Å². The van der Waals surface area contributed by atoms with Crippen LogP contribution in [-0.2, 0) is 12.5 Å². The lowest BCUT2D eigenvalue weighted by atomic mass is 9.61. The molecule has 0 aromatic carbocycles. The van der Waals surface area contributed by atoms with Gasteiger partial charge < -0.3 is 9.30 Å². The predicted octanol–water partition coefficient (Wildman–Crippen LogP) is 2.90. The van der Waals surface area contributed by atoms with Gasteiger partial charge in [0.15, 0.2) is 0 Å². The van der Waals surface area contributed by atoms with Crippen molar-refractivity contribution >= 4 is 11.6 Å². The highest BCUT2D eigenvalue weighted by atomic mass is 35.5. The highest BCUT2D eigenvalue weighted by Gasteiger charge is 2.46. The van der Waals surface area contributed by atoms with Crippen LogP contribution in [-0.4, -0.2) is 26.4 Å². The number of nitrogens with zero attached hydrogens (tertiary/aromatic N) is 4. The monoisotopic (exact) mass is 304 g/mol. The minimum atomic E-state index is -0.235. The lowest BCUT2D eigenvalue weighted by molar-refractivity contribution is 0.321. The van der Waals surface area contributed by atoms with E-state index in [1.54, 1.807) is 6.33 Å². The average Bonchev–Trinajstić information content (AvgIpc) is 2.81. The van der Waals surface area contributed by atoms with Gasteiger partial charge in [-0.2, -0.15) is 0 Å². The maximum Gasteiger partial charge on any atom is 0.214 e. The van der Waals surface area contributed by atoms with Gasteiger partial charge in [0.05, 0.1) is 12.0 Å². The van der Waals surface area contributed by atoms with Crippen LogP contribution in [0.4, 0.5) is 0 Å². The van der Waals surface area contributed by atoms with E-state index in [1.165, 1.54) is 5.57 Å². The van der Waals surface area contributed by atoms with Crippen molar-refractivity contribution < 1.29 is 4.74 Å². The molecule has 1 saturated carbocycles. The topological polar surface area (TPSA) is 52.8 Å². The molecule has 0 radical (unpaired) electrons. The van der Waals surface area contributed by atoms with E-state index < -0.39 is 0 Å². The first-order valence-corrected chi connectivity index (χ1v) is 7.25. The van der Waals surface area contributed by atoms with Crippen LogP contribution < -0.4 is 4.74 Å². The van der Waals surface area contributed by atoms with Crippen molar-refractivity contribution in [3.8, 4) is 5.88 Å². The summed E-state index contributed by atoms with van der Waals surface area (Å²) in [5.41, 5.74) is 2.01. The van der Waals surface area contributed by atoms with Crippen LogP contribution in [0.2, 0.25) is 5.15 Å². The molecule has 1 aliphatic rings. The van der Waals surface area contributed by atoms with Gasteiger partial charge in [-0.3, -0.25) is 0 Å². The summed E-state index contributed by atoms with van der Waals surface area (Å²) in [4.78, 5) is 4.20. The van der Waals surface area contributed by atoms with Gasteiger partial charge in [0, 0.05) is 13.1 Å². The van der Waals surface area contributed by atoms with Gasteiger partial charge in [-0.25, -0.2) is 4.98 Å². The number of hydrogen-bond acceptors (Lipinski definition) is 4. The number of aromatic nitrogens is 4. The van der Waals surface area contributed by atoms with Crippen LogP contribution >= 0.6 is 11.6 Å². The summed E-state index contributed by atoms with van der Waals surface area (Å²) in [6, 6.07) is 3.82. The van der Waals surface area contributed by atoms with Gasteiger partial charge in [0.1, 0.15) is 17.3 Å². The number of halogens is 1. The summed E-state index contributed by atoms with van der Waals surface area (Å²) in [6.07, 6.45) is 3.39. The van der Waals surface area contributed by atoms with Crippen LogP contribution in [0.3, 0.4) is 0 Å². The third kappa shape index (κ3) is 2.31. The van der Waals surface area contributed by atoms with Crippen molar-refractivity contribution in [3.05, 3.63) is 47.2 Å². The highest BCUT2D eigenvalue weighted by Crippen LogP contribution is 2.51. The minimum Gasteiger partial charge on any atom is -0.478 e. The summed E-state index contributed by atoms with van der Waals surface area (Å²) >= 11 is 6.15. The third-order valence-corrected chi connectivity index (χ3v) is 4.05. The van der Waals surface area contributed by atoms with E-state index >= 15 is 0 Å². The van der Waals surface area contributed by atoms with E-state index in [4.69, 9.17) is 16.3 Å². The maximum atomic E-state index is 6.15.